The summed E-state index contributed by atoms with van der Waals surface area (Å²) in [5.74, 6) is 0.341. The molecule has 1 aromatic rings. The van der Waals surface area contributed by atoms with Crippen molar-refractivity contribution in [3.63, 3.8) is 0 Å². The normalized spacial score (nSPS) is 17.7. The fourth-order valence-electron chi connectivity index (χ4n) is 2.36. The zero-order valence-corrected chi connectivity index (χ0v) is 16.3. The van der Waals surface area contributed by atoms with Crippen LogP contribution in [0.25, 0.3) is 5.57 Å². The van der Waals surface area contributed by atoms with Gasteiger partial charge in [-0.15, -0.1) is 0 Å². The molecule has 1 N–H and O–H groups in total. The first-order valence-electron chi connectivity index (χ1n) is 6.68. The van der Waals surface area contributed by atoms with Crippen molar-refractivity contribution >= 4 is 67.4 Å². The molecule has 0 saturated heterocycles. The lowest BCUT2D eigenvalue weighted by atomic mass is 9.97. The number of halogens is 2. The molecule has 2 rings (SSSR count). The van der Waals surface area contributed by atoms with Crippen molar-refractivity contribution in [1.29, 1.82) is 0 Å². The number of aryl methyl sites for hydroxylation is 1. The van der Waals surface area contributed by atoms with Crippen molar-refractivity contribution in [2.24, 2.45) is 0 Å². The molecule has 0 fully saturated rings. The molecule has 118 valence electrons. The van der Waals surface area contributed by atoms with Crippen LogP contribution in [0.3, 0.4) is 0 Å². The molecule has 0 bridgehead atoms. The van der Waals surface area contributed by atoms with Crippen molar-refractivity contribution < 1.29 is 9.53 Å². The highest BCUT2D eigenvalue weighted by Crippen LogP contribution is 2.37. The average molecular weight is 421 g/mol. The Morgan fingerprint density at radius 3 is 2.82 bits per heavy atom. The van der Waals surface area contributed by atoms with E-state index in [1.54, 1.807) is 6.07 Å². The standard InChI is InChI=1S/C15H15BrClNO2S2/c1-4-8-5-9(16)6-10(17)11(8)12-13(20-15(21)22-3)7(2)18-14(12)19/h5-7H,4H2,1-3H3,(H,18,19). The lowest BCUT2D eigenvalue weighted by molar-refractivity contribution is -0.115. The van der Waals surface area contributed by atoms with Crippen LogP contribution >= 0.6 is 51.5 Å². The van der Waals surface area contributed by atoms with Gasteiger partial charge in [-0.1, -0.05) is 46.2 Å². The first kappa shape index (κ1) is 17.8. The van der Waals surface area contributed by atoms with Gasteiger partial charge < -0.3 is 10.1 Å². The Balaban J connectivity index is 2.65. The Bertz CT molecular complexity index is 676. The number of rotatable bonds is 3. The predicted molar refractivity (Wildman–Crippen MR) is 100 cm³/mol. The van der Waals surface area contributed by atoms with Gasteiger partial charge >= 0.3 is 0 Å². The summed E-state index contributed by atoms with van der Waals surface area (Å²) in [4.78, 5) is 12.4. The molecule has 1 atom stereocenters. The molecular weight excluding hydrogens is 406 g/mol. The molecule has 22 heavy (non-hydrogen) atoms. The molecule has 0 spiro atoms. The van der Waals surface area contributed by atoms with Gasteiger partial charge in [-0.05, 0) is 49.5 Å². The number of amides is 1. The number of hydrogen-bond acceptors (Lipinski definition) is 4. The molecule has 0 radical (unpaired) electrons. The highest BCUT2D eigenvalue weighted by molar-refractivity contribution is 9.10. The van der Waals surface area contributed by atoms with E-state index in [4.69, 9.17) is 28.6 Å². The van der Waals surface area contributed by atoms with E-state index in [1.807, 2.05) is 26.2 Å². The van der Waals surface area contributed by atoms with Crippen LogP contribution in [0.1, 0.15) is 25.0 Å². The van der Waals surface area contributed by atoms with Crippen LogP contribution in [0.4, 0.5) is 0 Å². The lowest BCUT2D eigenvalue weighted by Crippen LogP contribution is -2.26. The van der Waals surface area contributed by atoms with E-state index < -0.39 is 0 Å². The molecule has 0 saturated carbocycles. The number of hydrogen-bond donors (Lipinski definition) is 1. The molecule has 1 aromatic carbocycles. The van der Waals surface area contributed by atoms with Crippen molar-refractivity contribution in [2.45, 2.75) is 26.3 Å². The number of benzene rings is 1. The average Bonchev–Trinajstić information content (AvgIpc) is 2.72. The summed E-state index contributed by atoms with van der Waals surface area (Å²) in [6, 6.07) is 3.51. The zero-order valence-electron chi connectivity index (χ0n) is 12.3. The number of nitrogens with one attached hydrogen (secondary N) is 1. The molecule has 1 unspecified atom stereocenters. The third kappa shape index (κ3) is 3.50. The third-order valence-electron chi connectivity index (χ3n) is 3.34. The summed E-state index contributed by atoms with van der Waals surface area (Å²) >= 11 is 16.3. The van der Waals surface area contributed by atoms with Gasteiger partial charge in [0.05, 0.1) is 16.6 Å². The Morgan fingerprint density at radius 1 is 1.55 bits per heavy atom. The highest BCUT2D eigenvalue weighted by atomic mass is 79.9. The van der Waals surface area contributed by atoms with E-state index >= 15 is 0 Å². The van der Waals surface area contributed by atoms with Crippen LogP contribution in [-0.4, -0.2) is 22.6 Å². The summed E-state index contributed by atoms with van der Waals surface area (Å²) in [7, 11) is 0. The second-order valence-corrected chi connectivity index (χ2v) is 7.50. The van der Waals surface area contributed by atoms with Crippen LogP contribution in [-0.2, 0) is 16.0 Å². The molecule has 1 aliphatic heterocycles. The van der Waals surface area contributed by atoms with Gasteiger partial charge in [-0.2, -0.15) is 0 Å². The van der Waals surface area contributed by atoms with Crippen LogP contribution in [0, 0.1) is 0 Å². The van der Waals surface area contributed by atoms with Crippen LogP contribution in [0.2, 0.25) is 5.02 Å². The number of carbonyl (C=O) groups is 1. The van der Waals surface area contributed by atoms with Crippen LogP contribution in [0.5, 0.6) is 0 Å². The Hall–Kier alpha value is -0.560. The van der Waals surface area contributed by atoms with E-state index in [1.165, 1.54) is 11.8 Å². The number of thioether (sulfide) groups is 1. The molecule has 1 amide bonds. The second kappa shape index (κ2) is 7.34. The first-order valence-corrected chi connectivity index (χ1v) is 9.48. The summed E-state index contributed by atoms with van der Waals surface area (Å²) in [5, 5.41) is 3.38. The maximum Gasteiger partial charge on any atom is 0.256 e. The van der Waals surface area contributed by atoms with E-state index in [-0.39, 0.29) is 11.9 Å². The first-order chi connectivity index (χ1) is 10.4. The zero-order chi connectivity index (χ0) is 16.4. The van der Waals surface area contributed by atoms with Gasteiger partial charge in [-0.3, -0.25) is 4.79 Å². The van der Waals surface area contributed by atoms with Crippen molar-refractivity contribution in [2.75, 3.05) is 6.26 Å². The van der Waals surface area contributed by atoms with Gasteiger partial charge in [0.15, 0.2) is 0 Å². The minimum atomic E-state index is -0.239. The molecule has 1 aliphatic rings. The molecular formula is C15H15BrClNO2S2. The fraction of sp³-hybridized carbons (Fsp3) is 0.333. The SMILES string of the molecule is CCc1cc(Br)cc(Cl)c1C1=C(OC(=S)SC)C(C)NC1=O. The maximum atomic E-state index is 12.4. The van der Waals surface area contributed by atoms with Gasteiger partial charge in [-0.25, -0.2) is 0 Å². The molecule has 7 heteroatoms. The predicted octanol–water partition coefficient (Wildman–Crippen LogP) is 4.56. The van der Waals surface area contributed by atoms with E-state index in [9.17, 15) is 4.79 Å². The smallest absolute Gasteiger partial charge is 0.256 e. The molecule has 3 nitrogen and oxygen atoms in total. The third-order valence-corrected chi connectivity index (χ3v) is 5.10. The van der Waals surface area contributed by atoms with Crippen LogP contribution < -0.4 is 5.32 Å². The van der Waals surface area contributed by atoms with Gasteiger partial charge in [0.25, 0.3) is 5.91 Å². The minimum Gasteiger partial charge on any atom is -0.441 e. The highest BCUT2D eigenvalue weighted by Gasteiger charge is 2.34. The maximum absolute atomic E-state index is 12.4. The number of carbonyl (C=O) groups excluding carboxylic acids is 1. The summed E-state index contributed by atoms with van der Waals surface area (Å²) in [6.07, 6.45) is 2.58. The molecule has 1 heterocycles. The van der Waals surface area contributed by atoms with Crippen LogP contribution in [0.15, 0.2) is 22.4 Å². The van der Waals surface area contributed by atoms with Gasteiger partial charge in [0, 0.05) is 10.0 Å². The van der Waals surface area contributed by atoms with Gasteiger partial charge in [0.1, 0.15) is 5.76 Å². The van der Waals surface area contributed by atoms with E-state index in [0.717, 1.165) is 16.5 Å². The Kier molecular flexibility index (Phi) is 5.94. The molecule has 0 aliphatic carbocycles. The topological polar surface area (TPSA) is 38.3 Å². The second-order valence-electron chi connectivity index (χ2n) is 4.77. The summed E-state index contributed by atoms with van der Waals surface area (Å²) in [5.41, 5.74) is 2.17. The Morgan fingerprint density at radius 2 is 2.23 bits per heavy atom. The number of thiocarbonyl (C=S) groups is 1. The summed E-state index contributed by atoms with van der Waals surface area (Å²) in [6.45, 7) is 3.88. The molecule has 0 aromatic heterocycles. The van der Waals surface area contributed by atoms with Crippen molar-refractivity contribution in [3.05, 3.63) is 38.5 Å². The fourth-order valence-corrected chi connectivity index (χ4v) is 3.59. The van der Waals surface area contributed by atoms with Crippen molar-refractivity contribution in [3.8, 4) is 0 Å². The summed E-state index contributed by atoms with van der Waals surface area (Å²) < 4.78 is 6.97. The van der Waals surface area contributed by atoms with E-state index in [0.29, 0.717) is 26.3 Å². The van der Waals surface area contributed by atoms with Gasteiger partial charge in [0.2, 0.25) is 4.38 Å². The lowest BCUT2D eigenvalue weighted by Gasteiger charge is -2.14. The quantitative estimate of drug-likeness (QED) is 0.728. The number of ether oxygens (including phenoxy) is 1. The van der Waals surface area contributed by atoms with E-state index in [2.05, 4.69) is 21.2 Å². The Labute approximate surface area is 152 Å². The van der Waals surface area contributed by atoms with Crippen molar-refractivity contribution in [1.82, 2.24) is 5.32 Å². The largest absolute Gasteiger partial charge is 0.441 e. The monoisotopic (exact) mass is 419 g/mol. The minimum absolute atomic E-state index is 0.190.